The van der Waals surface area contributed by atoms with Crippen molar-refractivity contribution in [3.8, 4) is 0 Å². The number of halogens is 2. The normalized spacial score (nSPS) is 17.6. The molecule has 0 unspecified atom stereocenters. The van der Waals surface area contributed by atoms with Crippen LogP contribution in [0, 0.1) is 5.92 Å². The molecule has 0 aliphatic carbocycles. The Balaban J connectivity index is 2.03. The van der Waals surface area contributed by atoms with Gasteiger partial charge in [-0.05, 0) is 55.5 Å². The zero-order valence-electron chi connectivity index (χ0n) is 9.31. The van der Waals surface area contributed by atoms with Crippen LogP contribution in [0.4, 0.5) is 4.39 Å². The van der Waals surface area contributed by atoms with Crippen LogP contribution in [0.2, 0.25) is 5.02 Å². The summed E-state index contributed by atoms with van der Waals surface area (Å²) in [5.74, 6) is 0.718. The molecule has 0 bridgehead atoms. The maximum absolute atomic E-state index is 12.4. The van der Waals surface area contributed by atoms with Crippen molar-refractivity contribution in [2.75, 3.05) is 13.1 Å². The van der Waals surface area contributed by atoms with Crippen LogP contribution >= 0.6 is 11.6 Å². The second kappa shape index (κ2) is 5.65. The monoisotopic (exact) mass is 241 g/mol. The zero-order chi connectivity index (χ0) is 11.4. The second-order valence-corrected chi connectivity index (χ2v) is 4.86. The molecule has 16 heavy (non-hydrogen) atoms. The molecule has 1 aromatic rings. The summed E-state index contributed by atoms with van der Waals surface area (Å²) in [5, 5.41) is 4.07. The smallest absolute Gasteiger partial charge is 0.115 e. The molecule has 3 heteroatoms. The molecule has 0 radical (unpaired) electrons. The molecular weight excluding hydrogens is 225 g/mol. The molecule has 1 fully saturated rings. The molecule has 0 saturated carbocycles. The molecule has 0 amide bonds. The SMILES string of the molecule is FCc1ccc(CC2CCNCC2)c(Cl)c1. The van der Waals surface area contributed by atoms with Gasteiger partial charge in [0.15, 0.2) is 0 Å². The highest BCUT2D eigenvalue weighted by Gasteiger charge is 2.14. The molecule has 1 N–H and O–H groups in total. The van der Waals surface area contributed by atoms with Crippen LogP contribution in [0.5, 0.6) is 0 Å². The first-order chi connectivity index (χ1) is 7.79. The Hall–Kier alpha value is -0.600. The van der Waals surface area contributed by atoms with Gasteiger partial charge in [-0.15, -0.1) is 0 Å². The van der Waals surface area contributed by atoms with Crippen LogP contribution in [-0.4, -0.2) is 13.1 Å². The Bertz CT molecular complexity index is 348. The Kier molecular flexibility index (Phi) is 4.19. The van der Waals surface area contributed by atoms with Gasteiger partial charge in [0.05, 0.1) is 0 Å². The number of rotatable bonds is 3. The second-order valence-electron chi connectivity index (χ2n) is 4.46. The van der Waals surface area contributed by atoms with Crippen molar-refractivity contribution in [3.05, 3.63) is 34.3 Å². The maximum atomic E-state index is 12.4. The summed E-state index contributed by atoms with van der Waals surface area (Å²) in [5.41, 5.74) is 1.82. The van der Waals surface area contributed by atoms with Crippen molar-refractivity contribution in [2.45, 2.75) is 25.9 Å². The largest absolute Gasteiger partial charge is 0.317 e. The minimum atomic E-state index is -0.437. The number of piperidine rings is 1. The maximum Gasteiger partial charge on any atom is 0.115 e. The standard InChI is InChI=1S/C13H17ClFN/c14-13-8-11(9-15)1-2-12(13)7-10-3-5-16-6-4-10/h1-2,8,10,16H,3-7,9H2. The summed E-state index contributed by atoms with van der Waals surface area (Å²) in [6.45, 7) is 1.77. The third-order valence-corrected chi connectivity index (χ3v) is 3.59. The van der Waals surface area contributed by atoms with E-state index in [1.54, 1.807) is 6.07 Å². The molecule has 88 valence electrons. The van der Waals surface area contributed by atoms with E-state index >= 15 is 0 Å². The highest BCUT2D eigenvalue weighted by atomic mass is 35.5. The van der Waals surface area contributed by atoms with Gasteiger partial charge in [0, 0.05) is 5.02 Å². The Morgan fingerprint density at radius 1 is 1.31 bits per heavy atom. The quantitative estimate of drug-likeness (QED) is 0.856. The van der Waals surface area contributed by atoms with E-state index in [0.717, 1.165) is 31.0 Å². The van der Waals surface area contributed by atoms with Gasteiger partial charge in [0.1, 0.15) is 6.67 Å². The minimum absolute atomic E-state index is 0.437. The molecule has 0 spiro atoms. The summed E-state index contributed by atoms with van der Waals surface area (Å²) in [4.78, 5) is 0. The van der Waals surface area contributed by atoms with E-state index in [9.17, 15) is 4.39 Å². The van der Waals surface area contributed by atoms with Crippen LogP contribution in [0.25, 0.3) is 0 Å². The zero-order valence-corrected chi connectivity index (χ0v) is 10.1. The molecule has 1 aliphatic heterocycles. The first-order valence-corrected chi connectivity index (χ1v) is 6.21. The van der Waals surface area contributed by atoms with E-state index in [4.69, 9.17) is 11.6 Å². The van der Waals surface area contributed by atoms with Crippen LogP contribution in [0.15, 0.2) is 18.2 Å². The van der Waals surface area contributed by atoms with Crippen molar-refractivity contribution in [2.24, 2.45) is 5.92 Å². The number of hydrogen-bond donors (Lipinski definition) is 1. The van der Waals surface area contributed by atoms with Gasteiger partial charge in [-0.3, -0.25) is 0 Å². The first-order valence-electron chi connectivity index (χ1n) is 5.83. The number of hydrogen-bond acceptors (Lipinski definition) is 1. The predicted molar refractivity (Wildman–Crippen MR) is 65.6 cm³/mol. The summed E-state index contributed by atoms with van der Waals surface area (Å²) in [6.07, 6.45) is 3.44. The molecule has 1 saturated heterocycles. The summed E-state index contributed by atoms with van der Waals surface area (Å²) in [7, 11) is 0. The lowest BCUT2D eigenvalue weighted by Crippen LogP contribution is -2.28. The molecule has 1 heterocycles. The fourth-order valence-electron chi connectivity index (χ4n) is 2.24. The number of nitrogens with one attached hydrogen (secondary N) is 1. The average Bonchev–Trinajstić information content (AvgIpc) is 2.33. The molecule has 1 aliphatic rings. The highest BCUT2D eigenvalue weighted by molar-refractivity contribution is 6.31. The van der Waals surface area contributed by atoms with Crippen molar-refractivity contribution in [1.82, 2.24) is 5.32 Å². The van der Waals surface area contributed by atoms with Gasteiger partial charge >= 0.3 is 0 Å². The minimum Gasteiger partial charge on any atom is -0.317 e. The predicted octanol–water partition coefficient (Wildman–Crippen LogP) is 3.35. The number of benzene rings is 1. The molecule has 1 aromatic carbocycles. The molecular formula is C13H17ClFN. The van der Waals surface area contributed by atoms with Gasteiger partial charge in [-0.25, -0.2) is 4.39 Å². The van der Waals surface area contributed by atoms with E-state index in [0.29, 0.717) is 10.6 Å². The van der Waals surface area contributed by atoms with Crippen molar-refractivity contribution in [3.63, 3.8) is 0 Å². The fourth-order valence-corrected chi connectivity index (χ4v) is 2.52. The third-order valence-electron chi connectivity index (χ3n) is 3.24. The van der Waals surface area contributed by atoms with Gasteiger partial charge in [0.2, 0.25) is 0 Å². The van der Waals surface area contributed by atoms with E-state index in [1.807, 2.05) is 12.1 Å². The first kappa shape index (κ1) is 11.9. The highest BCUT2D eigenvalue weighted by Crippen LogP contribution is 2.24. The van der Waals surface area contributed by atoms with Gasteiger partial charge in [0.25, 0.3) is 0 Å². The summed E-state index contributed by atoms with van der Waals surface area (Å²) in [6, 6.07) is 5.56. The third kappa shape index (κ3) is 2.96. The van der Waals surface area contributed by atoms with Crippen LogP contribution < -0.4 is 5.32 Å². The topological polar surface area (TPSA) is 12.0 Å². The van der Waals surface area contributed by atoms with Crippen LogP contribution in [-0.2, 0) is 13.1 Å². The number of alkyl halides is 1. The van der Waals surface area contributed by atoms with Crippen molar-refractivity contribution >= 4 is 11.6 Å². The van der Waals surface area contributed by atoms with E-state index in [1.165, 1.54) is 12.8 Å². The van der Waals surface area contributed by atoms with Gasteiger partial charge < -0.3 is 5.32 Å². The lowest BCUT2D eigenvalue weighted by atomic mass is 9.91. The molecule has 1 nitrogen and oxygen atoms in total. The Morgan fingerprint density at radius 2 is 2.06 bits per heavy atom. The molecule has 0 aromatic heterocycles. The van der Waals surface area contributed by atoms with Gasteiger partial charge in [-0.2, -0.15) is 0 Å². The van der Waals surface area contributed by atoms with E-state index in [-0.39, 0.29) is 0 Å². The van der Waals surface area contributed by atoms with Gasteiger partial charge in [-0.1, -0.05) is 23.7 Å². The van der Waals surface area contributed by atoms with Crippen LogP contribution in [0.1, 0.15) is 24.0 Å². The summed E-state index contributed by atoms with van der Waals surface area (Å²) >= 11 is 6.15. The average molecular weight is 242 g/mol. The van der Waals surface area contributed by atoms with Crippen LogP contribution in [0.3, 0.4) is 0 Å². The van der Waals surface area contributed by atoms with Crippen molar-refractivity contribution in [1.29, 1.82) is 0 Å². The molecule has 2 rings (SSSR count). The lowest BCUT2D eigenvalue weighted by molar-refractivity contribution is 0.372. The Morgan fingerprint density at radius 3 is 2.69 bits per heavy atom. The van der Waals surface area contributed by atoms with Crippen molar-refractivity contribution < 1.29 is 4.39 Å². The summed E-state index contributed by atoms with van der Waals surface area (Å²) < 4.78 is 12.4. The molecule has 0 atom stereocenters. The van der Waals surface area contributed by atoms with E-state index in [2.05, 4.69) is 5.32 Å². The lowest BCUT2D eigenvalue weighted by Gasteiger charge is -2.23. The Labute approximate surface area is 101 Å². The van der Waals surface area contributed by atoms with E-state index < -0.39 is 6.67 Å². The fraction of sp³-hybridized carbons (Fsp3) is 0.538.